The quantitative estimate of drug-likeness (QED) is 0.595. The van der Waals surface area contributed by atoms with Gasteiger partial charge < -0.3 is 10.4 Å². The molecule has 0 radical (unpaired) electrons. The van der Waals surface area contributed by atoms with Gasteiger partial charge in [0.1, 0.15) is 5.82 Å². The van der Waals surface area contributed by atoms with Crippen LogP contribution < -0.4 is 5.32 Å². The maximum absolute atomic E-state index is 11.0. The molecule has 0 atom stereocenters. The molecule has 4 aromatic rings. The molecule has 0 fully saturated rings. The summed E-state index contributed by atoms with van der Waals surface area (Å²) in [6.45, 7) is 2.01. The van der Waals surface area contributed by atoms with Crippen LogP contribution in [-0.2, 0) is 6.42 Å². The number of carbonyl (C=O) groups is 1. The van der Waals surface area contributed by atoms with Gasteiger partial charge in [-0.3, -0.25) is 0 Å². The van der Waals surface area contributed by atoms with E-state index in [-0.39, 0.29) is 5.56 Å². The van der Waals surface area contributed by atoms with Gasteiger partial charge in [0.2, 0.25) is 5.95 Å². The Morgan fingerprint density at radius 3 is 2.60 bits per heavy atom. The van der Waals surface area contributed by atoms with E-state index in [0.29, 0.717) is 12.4 Å². The highest BCUT2D eigenvalue weighted by Gasteiger charge is 2.14. The van der Waals surface area contributed by atoms with E-state index in [1.54, 1.807) is 24.3 Å². The molecule has 2 aromatic carbocycles. The van der Waals surface area contributed by atoms with Crippen LogP contribution in [0.25, 0.3) is 16.6 Å². The largest absolute Gasteiger partial charge is 0.478 e. The number of hydrogen-bond acceptors (Lipinski definition) is 5. The number of anilines is 2. The number of fused-ring (bicyclic) bond motifs is 3. The molecule has 0 aliphatic carbocycles. The molecule has 0 saturated heterocycles. The van der Waals surface area contributed by atoms with Crippen LogP contribution in [0.2, 0.25) is 0 Å². The number of rotatable bonds is 4. The number of para-hydroxylation sites is 1. The van der Waals surface area contributed by atoms with Gasteiger partial charge in [-0.2, -0.15) is 0 Å². The Morgan fingerprint density at radius 2 is 1.88 bits per heavy atom. The van der Waals surface area contributed by atoms with Crippen molar-refractivity contribution >= 4 is 34.2 Å². The Morgan fingerprint density at radius 1 is 1.12 bits per heavy atom. The molecule has 7 nitrogen and oxygen atoms in total. The number of hydrogen-bond donors (Lipinski definition) is 2. The molecule has 0 saturated carbocycles. The van der Waals surface area contributed by atoms with Crippen LogP contribution in [0.3, 0.4) is 0 Å². The molecule has 2 heterocycles. The number of carboxylic acids is 1. The van der Waals surface area contributed by atoms with Crippen molar-refractivity contribution in [1.29, 1.82) is 0 Å². The average molecular weight is 333 g/mol. The van der Waals surface area contributed by atoms with Gasteiger partial charge in [-0.25, -0.2) is 14.2 Å². The van der Waals surface area contributed by atoms with Crippen LogP contribution in [-0.4, -0.2) is 30.7 Å². The van der Waals surface area contributed by atoms with Crippen molar-refractivity contribution in [3.63, 3.8) is 0 Å². The van der Waals surface area contributed by atoms with E-state index < -0.39 is 5.97 Å². The molecule has 4 rings (SSSR count). The maximum Gasteiger partial charge on any atom is 0.335 e. The summed E-state index contributed by atoms with van der Waals surface area (Å²) in [6, 6.07) is 14.3. The monoisotopic (exact) mass is 333 g/mol. The topological polar surface area (TPSA) is 92.4 Å². The molecule has 2 aromatic heterocycles. The number of nitrogens with zero attached hydrogens (tertiary/aromatic N) is 4. The van der Waals surface area contributed by atoms with Crippen molar-refractivity contribution in [2.45, 2.75) is 13.3 Å². The second kappa shape index (κ2) is 5.86. The molecule has 0 amide bonds. The first kappa shape index (κ1) is 15.1. The number of nitrogens with one attached hydrogen (secondary N) is 1. The fourth-order valence-electron chi connectivity index (χ4n) is 2.78. The van der Waals surface area contributed by atoms with Gasteiger partial charge in [-0.05, 0) is 36.4 Å². The predicted octanol–water partition coefficient (Wildman–Crippen LogP) is 3.28. The lowest BCUT2D eigenvalue weighted by molar-refractivity contribution is 0.0697. The SMILES string of the molecule is CCc1nnc2c3ccccc3nc(Nc3ccc(C(=O)O)cc3)n12. The van der Waals surface area contributed by atoms with Crippen molar-refractivity contribution in [2.24, 2.45) is 0 Å². The Hall–Kier alpha value is -3.48. The highest BCUT2D eigenvalue weighted by Crippen LogP contribution is 2.24. The highest BCUT2D eigenvalue weighted by atomic mass is 16.4. The predicted molar refractivity (Wildman–Crippen MR) is 94.4 cm³/mol. The van der Waals surface area contributed by atoms with E-state index in [0.717, 1.165) is 28.1 Å². The van der Waals surface area contributed by atoms with Gasteiger partial charge >= 0.3 is 5.97 Å². The summed E-state index contributed by atoms with van der Waals surface area (Å²) in [7, 11) is 0. The van der Waals surface area contributed by atoms with E-state index in [2.05, 4.69) is 15.5 Å². The first-order valence-corrected chi connectivity index (χ1v) is 7.90. The van der Waals surface area contributed by atoms with Crippen molar-refractivity contribution in [3.8, 4) is 0 Å². The van der Waals surface area contributed by atoms with Gasteiger partial charge in [0, 0.05) is 17.5 Å². The van der Waals surface area contributed by atoms with Crippen LogP contribution in [0.1, 0.15) is 23.1 Å². The molecule has 0 aliphatic rings. The Labute approximate surface area is 143 Å². The molecule has 124 valence electrons. The number of benzene rings is 2. The van der Waals surface area contributed by atoms with Gasteiger partial charge in [0.25, 0.3) is 0 Å². The standard InChI is InChI=1S/C18H15N5O2/c1-2-15-21-22-16-13-5-3-4-6-14(13)20-18(23(15)16)19-12-9-7-11(8-10-12)17(24)25/h3-10H,2H2,1H3,(H,19,20)(H,24,25). The minimum absolute atomic E-state index is 0.237. The highest BCUT2D eigenvalue weighted by molar-refractivity contribution is 5.92. The minimum atomic E-state index is -0.954. The molecule has 25 heavy (non-hydrogen) atoms. The van der Waals surface area contributed by atoms with Crippen LogP contribution in [0, 0.1) is 0 Å². The molecule has 2 N–H and O–H groups in total. The van der Waals surface area contributed by atoms with Crippen molar-refractivity contribution in [3.05, 3.63) is 59.9 Å². The molecular weight excluding hydrogens is 318 g/mol. The first-order chi connectivity index (χ1) is 12.2. The Bertz CT molecular complexity index is 1090. The van der Waals surface area contributed by atoms with E-state index in [1.807, 2.05) is 35.6 Å². The summed E-state index contributed by atoms with van der Waals surface area (Å²) in [4.78, 5) is 15.7. The zero-order valence-corrected chi connectivity index (χ0v) is 13.5. The van der Waals surface area contributed by atoms with Crippen LogP contribution in [0.4, 0.5) is 11.6 Å². The lowest BCUT2D eigenvalue weighted by Gasteiger charge is -2.11. The normalized spacial score (nSPS) is 11.1. The van der Waals surface area contributed by atoms with Gasteiger partial charge in [-0.1, -0.05) is 19.1 Å². The molecule has 0 bridgehead atoms. The summed E-state index contributed by atoms with van der Waals surface area (Å²) in [5.74, 6) is 0.446. The fraction of sp³-hybridized carbons (Fsp3) is 0.111. The lowest BCUT2D eigenvalue weighted by Crippen LogP contribution is -2.05. The van der Waals surface area contributed by atoms with Crippen LogP contribution in [0.5, 0.6) is 0 Å². The van der Waals surface area contributed by atoms with Crippen LogP contribution in [0.15, 0.2) is 48.5 Å². The summed E-state index contributed by atoms with van der Waals surface area (Å²) in [5.41, 5.74) is 2.53. The minimum Gasteiger partial charge on any atom is -0.478 e. The third kappa shape index (κ3) is 2.55. The summed E-state index contributed by atoms with van der Waals surface area (Å²) in [5, 5.41) is 21.8. The molecule has 0 unspecified atom stereocenters. The average Bonchev–Trinajstić information content (AvgIpc) is 3.07. The summed E-state index contributed by atoms with van der Waals surface area (Å²) >= 11 is 0. The number of carboxylic acid groups (broad SMARTS) is 1. The smallest absolute Gasteiger partial charge is 0.335 e. The van der Waals surface area contributed by atoms with Gasteiger partial charge in [0.05, 0.1) is 11.1 Å². The molecule has 0 spiro atoms. The van der Waals surface area contributed by atoms with Crippen molar-refractivity contribution < 1.29 is 9.90 Å². The Kier molecular flexibility index (Phi) is 3.53. The van der Waals surface area contributed by atoms with E-state index in [1.165, 1.54) is 0 Å². The number of aryl methyl sites for hydroxylation is 1. The molecule has 0 aliphatic heterocycles. The zero-order valence-electron chi connectivity index (χ0n) is 13.5. The zero-order chi connectivity index (χ0) is 17.4. The third-order valence-electron chi connectivity index (χ3n) is 4.02. The van der Waals surface area contributed by atoms with Crippen LogP contribution >= 0.6 is 0 Å². The third-order valence-corrected chi connectivity index (χ3v) is 4.02. The van der Waals surface area contributed by atoms with Crippen molar-refractivity contribution in [1.82, 2.24) is 19.6 Å². The molecule has 7 heteroatoms. The van der Waals surface area contributed by atoms with Gasteiger partial charge in [-0.15, -0.1) is 10.2 Å². The second-order valence-corrected chi connectivity index (χ2v) is 5.59. The van der Waals surface area contributed by atoms with E-state index in [4.69, 9.17) is 10.1 Å². The van der Waals surface area contributed by atoms with E-state index in [9.17, 15) is 4.79 Å². The maximum atomic E-state index is 11.0. The fourth-order valence-corrected chi connectivity index (χ4v) is 2.78. The first-order valence-electron chi connectivity index (χ1n) is 7.90. The molecular formula is C18H15N5O2. The van der Waals surface area contributed by atoms with Crippen molar-refractivity contribution in [2.75, 3.05) is 5.32 Å². The summed E-state index contributed by atoms with van der Waals surface area (Å²) in [6.07, 6.45) is 0.716. The van der Waals surface area contributed by atoms with E-state index >= 15 is 0 Å². The summed E-state index contributed by atoms with van der Waals surface area (Å²) < 4.78 is 1.90. The number of aromatic carboxylic acids is 1. The Balaban J connectivity index is 1.87. The lowest BCUT2D eigenvalue weighted by atomic mass is 10.2. The van der Waals surface area contributed by atoms with Gasteiger partial charge in [0.15, 0.2) is 5.65 Å². The number of aromatic nitrogens is 4. The second-order valence-electron chi connectivity index (χ2n) is 5.59.